The van der Waals surface area contributed by atoms with Gasteiger partial charge in [-0.3, -0.25) is 9.10 Å². The standard InChI is InChI=1S/C26H29F3N6O4S/c1-25(37)11-12-35(16-25)23(36)17-8-6-9-19(13-17)32-24-31-15-20(26(27,28)29)22(33-24)30-14-18-7-4-5-10-21(18)34(2)40(3,38)39/h4-10,13,15,37H,11-12,14,16H2,1-3H3,(H2,30,31,32,33). The molecular weight excluding hydrogens is 549 g/mol. The van der Waals surface area contributed by atoms with Crippen LogP contribution in [0.4, 0.5) is 36.3 Å². The number of rotatable bonds is 8. The molecule has 1 atom stereocenters. The summed E-state index contributed by atoms with van der Waals surface area (Å²) in [6, 6.07) is 12.8. The van der Waals surface area contributed by atoms with Crippen molar-refractivity contribution in [2.24, 2.45) is 0 Å². The van der Waals surface area contributed by atoms with Crippen molar-refractivity contribution >= 4 is 39.1 Å². The zero-order valence-corrected chi connectivity index (χ0v) is 22.8. The summed E-state index contributed by atoms with van der Waals surface area (Å²) in [4.78, 5) is 22.3. The van der Waals surface area contributed by atoms with Crippen LogP contribution in [0.15, 0.2) is 54.7 Å². The summed E-state index contributed by atoms with van der Waals surface area (Å²) >= 11 is 0. The molecule has 1 aliphatic rings. The Hall–Kier alpha value is -3.91. The predicted molar refractivity (Wildman–Crippen MR) is 145 cm³/mol. The highest BCUT2D eigenvalue weighted by Crippen LogP contribution is 2.35. The maximum atomic E-state index is 13.8. The first-order valence-electron chi connectivity index (χ1n) is 12.2. The van der Waals surface area contributed by atoms with Gasteiger partial charge in [0.25, 0.3) is 5.91 Å². The zero-order chi connectivity index (χ0) is 29.3. The van der Waals surface area contributed by atoms with Crippen molar-refractivity contribution in [2.75, 3.05) is 41.3 Å². The lowest BCUT2D eigenvalue weighted by atomic mass is 10.1. The lowest BCUT2D eigenvalue weighted by Gasteiger charge is -2.21. The number of hydrogen-bond donors (Lipinski definition) is 3. The van der Waals surface area contributed by atoms with E-state index >= 15 is 0 Å². The summed E-state index contributed by atoms with van der Waals surface area (Å²) in [7, 11) is -2.25. The van der Waals surface area contributed by atoms with E-state index in [1.165, 1.54) is 18.0 Å². The van der Waals surface area contributed by atoms with Gasteiger partial charge in [0, 0.05) is 44.1 Å². The number of sulfonamides is 1. The Bertz CT molecular complexity index is 1510. The number of carbonyl (C=O) groups excluding carboxylic acids is 1. The van der Waals surface area contributed by atoms with Crippen molar-refractivity contribution in [3.8, 4) is 0 Å². The van der Waals surface area contributed by atoms with E-state index in [0.717, 1.165) is 10.6 Å². The number of amides is 1. The Morgan fingerprint density at radius 2 is 1.93 bits per heavy atom. The molecule has 0 bridgehead atoms. The van der Waals surface area contributed by atoms with E-state index in [2.05, 4.69) is 20.6 Å². The Labute approximate surface area is 229 Å². The molecule has 3 aromatic rings. The van der Waals surface area contributed by atoms with Gasteiger partial charge in [-0.05, 0) is 43.2 Å². The van der Waals surface area contributed by atoms with Crippen LogP contribution in [-0.2, 0) is 22.7 Å². The first-order valence-corrected chi connectivity index (χ1v) is 14.1. The van der Waals surface area contributed by atoms with E-state index < -0.39 is 33.2 Å². The average Bonchev–Trinajstić information content (AvgIpc) is 3.25. The number of hydrogen-bond acceptors (Lipinski definition) is 8. The fourth-order valence-electron chi connectivity index (χ4n) is 4.27. The third kappa shape index (κ3) is 6.80. The SMILES string of the molecule is CN(c1ccccc1CNc1nc(Nc2cccc(C(=O)N3CCC(C)(O)C3)c2)ncc1C(F)(F)F)S(C)(=O)=O. The lowest BCUT2D eigenvalue weighted by molar-refractivity contribution is -0.137. The fraction of sp³-hybridized carbons (Fsp3) is 0.346. The largest absolute Gasteiger partial charge is 0.421 e. The van der Waals surface area contributed by atoms with Gasteiger partial charge in [-0.2, -0.15) is 18.2 Å². The number of β-amino-alcohol motifs (C(OH)–C–C–N with tert-alkyl or cyclic N) is 1. The minimum absolute atomic E-state index is 0.147. The fourth-order valence-corrected chi connectivity index (χ4v) is 4.80. The first-order chi connectivity index (χ1) is 18.6. The van der Waals surface area contributed by atoms with Crippen LogP contribution < -0.4 is 14.9 Å². The molecule has 0 spiro atoms. The molecule has 3 N–H and O–H groups in total. The molecule has 1 saturated heterocycles. The second-order valence-corrected chi connectivity index (χ2v) is 11.9. The Balaban J connectivity index is 1.57. The highest BCUT2D eigenvalue weighted by molar-refractivity contribution is 7.92. The molecule has 10 nitrogen and oxygen atoms in total. The number of anilines is 4. The number of para-hydroxylation sites is 1. The van der Waals surface area contributed by atoms with Crippen LogP contribution in [0.25, 0.3) is 0 Å². The number of benzene rings is 2. The monoisotopic (exact) mass is 578 g/mol. The van der Waals surface area contributed by atoms with Gasteiger partial charge < -0.3 is 20.6 Å². The molecule has 0 aliphatic carbocycles. The summed E-state index contributed by atoms with van der Waals surface area (Å²) in [5.41, 5.74) is -0.605. The molecule has 14 heteroatoms. The third-order valence-electron chi connectivity index (χ3n) is 6.47. The number of halogens is 3. The molecule has 4 rings (SSSR count). The normalized spacial score (nSPS) is 17.5. The summed E-state index contributed by atoms with van der Waals surface area (Å²) in [5, 5.41) is 15.7. The van der Waals surface area contributed by atoms with Crippen LogP contribution in [0.5, 0.6) is 0 Å². The van der Waals surface area contributed by atoms with Gasteiger partial charge in [0.15, 0.2) is 0 Å². The van der Waals surface area contributed by atoms with Crippen LogP contribution >= 0.6 is 0 Å². The predicted octanol–water partition coefficient (Wildman–Crippen LogP) is 3.84. The second-order valence-electron chi connectivity index (χ2n) is 9.85. The van der Waals surface area contributed by atoms with E-state index in [0.29, 0.717) is 41.7 Å². The zero-order valence-electron chi connectivity index (χ0n) is 22.0. The van der Waals surface area contributed by atoms with Crippen molar-refractivity contribution in [2.45, 2.75) is 31.7 Å². The maximum Gasteiger partial charge on any atom is 0.421 e. The van der Waals surface area contributed by atoms with Crippen LogP contribution in [0, 0.1) is 0 Å². The van der Waals surface area contributed by atoms with Crippen LogP contribution in [0.3, 0.4) is 0 Å². The number of aliphatic hydroxyl groups is 1. The highest BCUT2D eigenvalue weighted by Gasteiger charge is 2.36. The molecule has 2 aromatic carbocycles. The van der Waals surface area contributed by atoms with Crippen LogP contribution in [0.1, 0.15) is 34.8 Å². The summed E-state index contributed by atoms with van der Waals surface area (Å²) in [6.07, 6.45) is -2.62. The Morgan fingerprint density at radius 3 is 2.58 bits per heavy atom. The molecule has 1 amide bonds. The van der Waals surface area contributed by atoms with Gasteiger partial charge >= 0.3 is 6.18 Å². The summed E-state index contributed by atoms with van der Waals surface area (Å²) in [6.45, 7) is 2.11. The molecule has 1 aromatic heterocycles. The molecular formula is C26H29F3N6O4S. The Kier molecular flexibility index (Phi) is 7.94. The van der Waals surface area contributed by atoms with E-state index in [4.69, 9.17) is 0 Å². The molecule has 0 saturated carbocycles. The van der Waals surface area contributed by atoms with Gasteiger partial charge in [-0.25, -0.2) is 13.4 Å². The minimum atomic E-state index is -4.76. The highest BCUT2D eigenvalue weighted by atomic mass is 32.2. The number of likely N-dealkylation sites (tertiary alicyclic amines) is 1. The quantitative estimate of drug-likeness (QED) is 0.368. The number of alkyl halides is 3. The van der Waals surface area contributed by atoms with Crippen molar-refractivity contribution in [3.63, 3.8) is 0 Å². The van der Waals surface area contributed by atoms with Gasteiger partial charge in [-0.15, -0.1) is 0 Å². The smallest absolute Gasteiger partial charge is 0.388 e. The number of nitrogens with one attached hydrogen (secondary N) is 2. The van der Waals surface area contributed by atoms with Crippen molar-refractivity contribution in [3.05, 3.63) is 71.4 Å². The minimum Gasteiger partial charge on any atom is -0.388 e. The molecule has 1 fully saturated rings. The molecule has 2 heterocycles. The van der Waals surface area contributed by atoms with Gasteiger partial charge in [0.1, 0.15) is 11.4 Å². The first kappa shape index (κ1) is 29.1. The van der Waals surface area contributed by atoms with E-state index in [1.54, 1.807) is 49.4 Å². The van der Waals surface area contributed by atoms with Crippen LogP contribution in [-0.4, -0.2) is 66.3 Å². The average molecular weight is 579 g/mol. The molecule has 1 unspecified atom stereocenters. The van der Waals surface area contributed by atoms with Gasteiger partial charge in [0.05, 0.1) is 17.5 Å². The van der Waals surface area contributed by atoms with Gasteiger partial charge in [0.2, 0.25) is 16.0 Å². The van der Waals surface area contributed by atoms with E-state index in [9.17, 15) is 31.5 Å². The molecule has 0 radical (unpaired) electrons. The molecule has 40 heavy (non-hydrogen) atoms. The number of carbonyl (C=O) groups is 1. The van der Waals surface area contributed by atoms with Crippen molar-refractivity contribution in [1.82, 2.24) is 14.9 Å². The van der Waals surface area contributed by atoms with E-state index in [1.807, 2.05) is 0 Å². The summed E-state index contributed by atoms with van der Waals surface area (Å²) < 4.78 is 66.3. The van der Waals surface area contributed by atoms with Crippen LogP contribution in [0.2, 0.25) is 0 Å². The topological polar surface area (TPSA) is 128 Å². The number of nitrogens with zero attached hydrogens (tertiary/aromatic N) is 4. The third-order valence-corrected chi connectivity index (χ3v) is 7.67. The molecule has 214 valence electrons. The Morgan fingerprint density at radius 1 is 1.20 bits per heavy atom. The van der Waals surface area contributed by atoms with Crippen molar-refractivity contribution in [1.29, 1.82) is 0 Å². The summed E-state index contributed by atoms with van der Waals surface area (Å²) in [5.74, 6) is -0.936. The van der Waals surface area contributed by atoms with E-state index in [-0.39, 0.29) is 24.9 Å². The number of aromatic nitrogens is 2. The second kappa shape index (κ2) is 10.9. The lowest BCUT2D eigenvalue weighted by Crippen LogP contribution is -2.33. The molecule has 1 aliphatic heterocycles. The van der Waals surface area contributed by atoms with Crippen molar-refractivity contribution < 1.29 is 31.5 Å². The van der Waals surface area contributed by atoms with Gasteiger partial charge in [-0.1, -0.05) is 24.3 Å². The maximum absolute atomic E-state index is 13.8.